The highest BCUT2D eigenvalue weighted by Gasteiger charge is 2.35. The molecule has 2 rings (SSSR count). The molecule has 2 nitrogen and oxygen atoms in total. The molecule has 2 aliphatic rings. The SMILES string of the molecule is CC1CCC(C(C)C)C(NC2CCCC2C#N)C1. The smallest absolute Gasteiger partial charge is 0.0672 e. The molecule has 0 radical (unpaired) electrons. The van der Waals surface area contributed by atoms with Crippen LogP contribution >= 0.6 is 0 Å². The molecule has 0 aromatic carbocycles. The average Bonchev–Trinajstić information content (AvgIpc) is 2.76. The van der Waals surface area contributed by atoms with Gasteiger partial charge in [-0.2, -0.15) is 5.26 Å². The standard InChI is InChI=1S/C16H28N2/c1-11(2)14-8-7-12(3)9-16(14)18-15-6-4-5-13(15)10-17/h11-16,18H,4-9H2,1-3H3. The van der Waals surface area contributed by atoms with Gasteiger partial charge in [0.25, 0.3) is 0 Å². The number of nitrogens with zero attached hydrogens (tertiary/aromatic N) is 1. The molecule has 0 aromatic heterocycles. The third-order valence-electron chi connectivity index (χ3n) is 5.13. The van der Waals surface area contributed by atoms with Crippen LogP contribution in [0.4, 0.5) is 0 Å². The topological polar surface area (TPSA) is 35.8 Å². The third kappa shape index (κ3) is 3.06. The summed E-state index contributed by atoms with van der Waals surface area (Å²) in [6, 6.07) is 3.61. The molecule has 18 heavy (non-hydrogen) atoms. The van der Waals surface area contributed by atoms with Crippen LogP contribution in [0.25, 0.3) is 0 Å². The Morgan fingerprint density at radius 3 is 2.56 bits per heavy atom. The first kappa shape index (κ1) is 13.9. The molecule has 0 bridgehead atoms. The summed E-state index contributed by atoms with van der Waals surface area (Å²) in [6.45, 7) is 7.08. The fraction of sp³-hybridized carbons (Fsp3) is 0.938. The van der Waals surface area contributed by atoms with Gasteiger partial charge in [-0.25, -0.2) is 0 Å². The summed E-state index contributed by atoms with van der Waals surface area (Å²) < 4.78 is 0. The largest absolute Gasteiger partial charge is 0.310 e. The zero-order valence-corrected chi connectivity index (χ0v) is 12.2. The maximum atomic E-state index is 9.20. The van der Waals surface area contributed by atoms with Crippen molar-refractivity contribution in [3.05, 3.63) is 0 Å². The van der Waals surface area contributed by atoms with Crippen molar-refractivity contribution in [3.63, 3.8) is 0 Å². The Bertz CT molecular complexity index is 305. The normalized spacial score (nSPS) is 40.9. The van der Waals surface area contributed by atoms with E-state index in [0.717, 1.165) is 24.2 Å². The minimum Gasteiger partial charge on any atom is -0.310 e. The molecule has 0 heterocycles. The Labute approximate surface area is 112 Å². The van der Waals surface area contributed by atoms with Crippen molar-refractivity contribution in [3.8, 4) is 6.07 Å². The number of hydrogen-bond acceptors (Lipinski definition) is 2. The fourth-order valence-electron chi connectivity index (χ4n) is 3.98. The Morgan fingerprint density at radius 1 is 1.11 bits per heavy atom. The molecule has 2 aliphatic carbocycles. The summed E-state index contributed by atoms with van der Waals surface area (Å²) in [7, 11) is 0. The zero-order valence-electron chi connectivity index (χ0n) is 12.2. The molecule has 0 aromatic rings. The van der Waals surface area contributed by atoms with Crippen molar-refractivity contribution < 1.29 is 0 Å². The van der Waals surface area contributed by atoms with Gasteiger partial charge in [0, 0.05) is 12.1 Å². The quantitative estimate of drug-likeness (QED) is 0.826. The van der Waals surface area contributed by atoms with Crippen molar-refractivity contribution in [2.45, 2.75) is 71.4 Å². The highest BCUT2D eigenvalue weighted by Crippen LogP contribution is 2.35. The Morgan fingerprint density at radius 2 is 1.89 bits per heavy atom. The number of hydrogen-bond donors (Lipinski definition) is 1. The second kappa shape index (κ2) is 6.06. The predicted octanol–water partition coefficient (Wildman–Crippen LogP) is 3.73. The maximum Gasteiger partial charge on any atom is 0.0672 e. The first-order valence-electron chi connectivity index (χ1n) is 7.77. The van der Waals surface area contributed by atoms with Crippen LogP contribution in [0.5, 0.6) is 0 Å². The first-order valence-corrected chi connectivity index (χ1v) is 7.77. The van der Waals surface area contributed by atoms with E-state index in [9.17, 15) is 5.26 Å². The van der Waals surface area contributed by atoms with Gasteiger partial charge >= 0.3 is 0 Å². The van der Waals surface area contributed by atoms with Crippen LogP contribution in [0.1, 0.15) is 59.3 Å². The van der Waals surface area contributed by atoms with Crippen LogP contribution in [0.15, 0.2) is 0 Å². The fourth-order valence-corrected chi connectivity index (χ4v) is 3.98. The first-order chi connectivity index (χ1) is 8.61. The second-order valence-electron chi connectivity index (χ2n) is 6.87. The van der Waals surface area contributed by atoms with E-state index in [0.29, 0.717) is 12.1 Å². The summed E-state index contributed by atoms with van der Waals surface area (Å²) in [5.41, 5.74) is 0. The highest BCUT2D eigenvalue weighted by atomic mass is 15.0. The van der Waals surface area contributed by atoms with Crippen LogP contribution in [-0.4, -0.2) is 12.1 Å². The molecule has 0 amide bonds. The monoisotopic (exact) mass is 248 g/mol. The van der Waals surface area contributed by atoms with Crippen molar-refractivity contribution in [1.82, 2.24) is 5.32 Å². The lowest BCUT2D eigenvalue weighted by Gasteiger charge is -2.40. The van der Waals surface area contributed by atoms with Crippen molar-refractivity contribution in [2.75, 3.05) is 0 Å². The summed E-state index contributed by atoms with van der Waals surface area (Å²) in [6.07, 6.45) is 7.58. The minimum absolute atomic E-state index is 0.259. The van der Waals surface area contributed by atoms with Gasteiger partial charge in [0.1, 0.15) is 0 Å². The Hall–Kier alpha value is -0.550. The molecule has 0 saturated heterocycles. The summed E-state index contributed by atoms with van der Waals surface area (Å²) in [4.78, 5) is 0. The predicted molar refractivity (Wildman–Crippen MR) is 75.0 cm³/mol. The van der Waals surface area contributed by atoms with Crippen LogP contribution < -0.4 is 5.32 Å². The molecular formula is C16H28N2. The van der Waals surface area contributed by atoms with E-state index < -0.39 is 0 Å². The third-order valence-corrected chi connectivity index (χ3v) is 5.13. The van der Waals surface area contributed by atoms with Crippen molar-refractivity contribution in [2.24, 2.45) is 23.7 Å². The molecule has 5 atom stereocenters. The van der Waals surface area contributed by atoms with Crippen LogP contribution in [0.3, 0.4) is 0 Å². The van der Waals surface area contributed by atoms with Crippen LogP contribution in [0.2, 0.25) is 0 Å². The molecular weight excluding hydrogens is 220 g/mol. The number of rotatable bonds is 3. The molecule has 2 saturated carbocycles. The van der Waals surface area contributed by atoms with Gasteiger partial charge in [0.2, 0.25) is 0 Å². The summed E-state index contributed by atoms with van der Waals surface area (Å²) >= 11 is 0. The molecule has 0 spiro atoms. The molecule has 102 valence electrons. The lowest BCUT2D eigenvalue weighted by atomic mass is 9.73. The van der Waals surface area contributed by atoms with Crippen LogP contribution in [0, 0.1) is 35.0 Å². The second-order valence-corrected chi connectivity index (χ2v) is 6.87. The van der Waals surface area contributed by atoms with Crippen LogP contribution in [-0.2, 0) is 0 Å². The van der Waals surface area contributed by atoms with Crippen molar-refractivity contribution >= 4 is 0 Å². The van der Waals surface area contributed by atoms with E-state index in [1.165, 1.54) is 32.1 Å². The van der Waals surface area contributed by atoms with E-state index in [4.69, 9.17) is 0 Å². The summed E-state index contributed by atoms with van der Waals surface area (Å²) in [5, 5.41) is 13.1. The average molecular weight is 248 g/mol. The highest BCUT2D eigenvalue weighted by molar-refractivity contribution is 4.99. The minimum atomic E-state index is 0.259. The number of nitriles is 1. The molecule has 0 aliphatic heterocycles. The van der Waals surface area contributed by atoms with E-state index in [1.807, 2.05) is 0 Å². The van der Waals surface area contributed by atoms with Gasteiger partial charge < -0.3 is 5.32 Å². The maximum absolute atomic E-state index is 9.20. The van der Waals surface area contributed by atoms with E-state index in [2.05, 4.69) is 32.2 Å². The number of nitrogens with one attached hydrogen (secondary N) is 1. The van der Waals surface area contributed by atoms with Gasteiger partial charge in [-0.15, -0.1) is 0 Å². The van der Waals surface area contributed by atoms with Gasteiger partial charge in [-0.05, 0) is 43.4 Å². The Balaban J connectivity index is 1.98. The van der Waals surface area contributed by atoms with Gasteiger partial charge in [0.05, 0.1) is 12.0 Å². The van der Waals surface area contributed by atoms with E-state index >= 15 is 0 Å². The lowest BCUT2D eigenvalue weighted by Crippen LogP contribution is -2.48. The van der Waals surface area contributed by atoms with Gasteiger partial charge in [0.15, 0.2) is 0 Å². The molecule has 1 N–H and O–H groups in total. The molecule has 5 unspecified atom stereocenters. The molecule has 2 fully saturated rings. The van der Waals surface area contributed by atoms with E-state index in [1.54, 1.807) is 0 Å². The molecule has 2 heteroatoms. The van der Waals surface area contributed by atoms with Crippen molar-refractivity contribution in [1.29, 1.82) is 5.26 Å². The Kier molecular flexibility index (Phi) is 4.67. The zero-order chi connectivity index (χ0) is 13.1. The lowest BCUT2D eigenvalue weighted by molar-refractivity contribution is 0.155. The van der Waals surface area contributed by atoms with Gasteiger partial charge in [-0.3, -0.25) is 0 Å². The van der Waals surface area contributed by atoms with E-state index in [-0.39, 0.29) is 5.92 Å². The summed E-state index contributed by atoms with van der Waals surface area (Å²) in [5.74, 6) is 2.67. The van der Waals surface area contributed by atoms with Gasteiger partial charge in [-0.1, -0.05) is 33.6 Å².